The maximum atomic E-state index is 12.7. The minimum absolute atomic E-state index is 0.0462. The molecule has 8 nitrogen and oxygen atoms in total. The second-order valence-corrected chi connectivity index (χ2v) is 12.4. The van der Waals surface area contributed by atoms with Crippen molar-refractivity contribution in [1.29, 1.82) is 0 Å². The van der Waals surface area contributed by atoms with Crippen molar-refractivity contribution >= 4 is 88.3 Å². The number of aromatic carboxylic acids is 1. The maximum Gasteiger partial charge on any atom is 0.341 e. The van der Waals surface area contributed by atoms with E-state index in [0.717, 1.165) is 31.4 Å². The molecule has 41 heavy (non-hydrogen) atoms. The van der Waals surface area contributed by atoms with Gasteiger partial charge in [-0.1, -0.05) is 56.1 Å². The average molecular weight is 720 g/mol. The van der Waals surface area contributed by atoms with E-state index in [9.17, 15) is 24.3 Å². The molecule has 0 bridgehead atoms. The number of methoxy groups -OCH3 is 1. The molecule has 4 rings (SSSR count). The summed E-state index contributed by atoms with van der Waals surface area (Å²) in [5, 5.41) is 19.5. The Morgan fingerprint density at radius 2 is 1.15 bits per heavy atom. The molecule has 212 valence electrons. The molecule has 0 aliphatic heterocycles. The number of hydrogen-bond donors (Lipinski definition) is 3. The number of anilines is 2. The van der Waals surface area contributed by atoms with Crippen LogP contribution in [0.5, 0.6) is 0 Å². The van der Waals surface area contributed by atoms with Gasteiger partial charge in [-0.15, -0.1) is 22.7 Å². The van der Waals surface area contributed by atoms with E-state index in [1.165, 1.54) is 18.4 Å². The number of benzene rings is 2. The van der Waals surface area contributed by atoms with Crippen LogP contribution in [-0.4, -0.2) is 36.0 Å². The lowest BCUT2D eigenvalue weighted by atomic mass is 10.0. The third-order valence-corrected chi connectivity index (χ3v) is 8.91. The number of carbonyl (C=O) groups is 4. The van der Waals surface area contributed by atoms with Crippen LogP contribution in [0.1, 0.15) is 46.4 Å². The zero-order valence-electron chi connectivity index (χ0n) is 21.7. The van der Waals surface area contributed by atoms with Crippen molar-refractivity contribution in [2.45, 2.75) is 25.7 Å². The van der Waals surface area contributed by atoms with Gasteiger partial charge in [0, 0.05) is 43.7 Å². The molecule has 2 aromatic heterocycles. The summed E-state index contributed by atoms with van der Waals surface area (Å²) >= 11 is 9.16. The fraction of sp³-hybridized carbons (Fsp3) is 0.172. The van der Waals surface area contributed by atoms with Gasteiger partial charge >= 0.3 is 11.9 Å². The van der Waals surface area contributed by atoms with Crippen molar-refractivity contribution in [2.75, 3.05) is 17.7 Å². The number of nitrogens with one attached hydrogen (secondary N) is 2. The van der Waals surface area contributed by atoms with Crippen LogP contribution in [0, 0.1) is 0 Å². The van der Waals surface area contributed by atoms with Crippen molar-refractivity contribution < 1.29 is 29.0 Å². The zero-order chi connectivity index (χ0) is 29.5. The van der Waals surface area contributed by atoms with Gasteiger partial charge in [-0.2, -0.15) is 0 Å². The first-order valence-electron chi connectivity index (χ1n) is 12.3. The van der Waals surface area contributed by atoms with Gasteiger partial charge in [-0.05, 0) is 48.2 Å². The van der Waals surface area contributed by atoms with Crippen molar-refractivity contribution in [2.24, 2.45) is 0 Å². The average Bonchev–Trinajstić information content (AvgIpc) is 3.56. The molecule has 0 fully saturated rings. The van der Waals surface area contributed by atoms with E-state index in [1.54, 1.807) is 22.9 Å². The van der Waals surface area contributed by atoms with Crippen molar-refractivity contribution in [1.82, 2.24) is 0 Å². The molecule has 0 unspecified atom stereocenters. The predicted octanol–water partition coefficient (Wildman–Crippen LogP) is 8.29. The maximum absolute atomic E-state index is 12.7. The number of carboxylic acids is 1. The van der Waals surface area contributed by atoms with E-state index in [2.05, 4.69) is 42.5 Å². The van der Waals surface area contributed by atoms with E-state index in [-0.39, 0.29) is 35.2 Å². The molecule has 12 heteroatoms. The Kier molecular flexibility index (Phi) is 10.5. The summed E-state index contributed by atoms with van der Waals surface area (Å²) in [5.74, 6) is -2.29. The van der Waals surface area contributed by atoms with Gasteiger partial charge in [0.15, 0.2) is 0 Å². The van der Waals surface area contributed by atoms with Crippen LogP contribution in [0.2, 0.25) is 0 Å². The minimum atomic E-state index is -1.13. The summed E-state index contributed by atoms with van der Waals surface area (Å²) in [7, 11) is 1.29. The van der Waals surface area contributed by atoms with E-state index in [4.69, 9.17) is 4.74 Å². The van der Waals surface area contributed by atoms with Crippen molar-refractivity contribution in [3.63, 3.8) is 0 Å². The number of rotatable bonds is 11. The smallest absolute Gasteiger partial charge is 0.341 e. The first-order chi connectivity index (χ1) is 19.7. The van der Waals surface area contributed by atoms with Gasteiger partial charge < -0.3 is 20.5 Å². The molecule has 0 aliphatic rings. The van der Waals surface area contributed by atoms with Gasteiger partial charge in [-0.25, -0.2) is 9.59 Å². The molecule has 0 saturated carbocycles. The summed E-state index contributed by atoms with van der Waals surface area (Å²) in [5.41, 5.74) is 3.09. The molecule has 0 atom stereocenters. The molecule has 0 radical (unpaired) electrons. The summed E-state index contributed by atoms with van der Waals surface area (Å²) in [4.78, 5) is 49.7. The second kappa shape index (κ2) is 14.0. The predicted molar refractivity (Wildman–Crippen MR) is 169 cm³/mol. The number of ether oxygens (including phenoxy) is 1. The van der Waals surface area contributed by atoms with Crippen molar-refractivity contribution in [3.8, 4) is 22.3 Å². The molecule has 3 N–H and O–H groups in total. The number of carboxylic acid groups (broad SMARTS) is 1. The third-order valence-electron chi connectivity index (χ3n) is 6.06. The third kappa shape index (κ3) is 7.70. The Balaban J connectivity index is 1.32. The van der Waals surface area contributed by atoms with E-state index >= 15 is 0 Å². The normalized spacial score (nSPS) is 10.7. The number of halogens is 2. The second-order valence-electron chi connectivity index (χ2n) is 8.82. The highest BCUT2D eigenvalue weighted by Gasteiger charge is 2.23. The van der Waals surface area contributed by atoms with Crippen molar-refractivity contribution in [3.05, 3.63) is 79.4 Å². The Bertz CT molecular complexity index is 1580. The van der Waals surface area contributed by atoms with Gasteiger partial charge in [-0.3, -0.25) is 9.59 Å². The molecule has 2 aromatic carbocycles. The van der Waals surface area contributed by atoms with Gasteiger partial charge in [0.05, 0.1) is 7.11 Å². The lowest BCUT2D eigenvalue weighted by molar-refractivity contribution is -0.118. The monoisotopic (exact) mass is 718 g/mol. The van der Waals surface area contributed by atoms with Crippen LogP contribution in [0.4, 0.5) is 10.0 Å². The largest absolute Gasteiger partial charge is 0.478 e. The van der Waals surface area contributed by atoms with Crippen LogP contribution in [0.25, 0.3) is 22.3 Å². The molecule has 0 spiro atoms. The van der Waals surface area contributed by atoms with Crippen LogP contribution in [0.3, 0.4) is 0 Å². The molecule has 4 aromatic rings. The Labute approximate surface area is 261 Å². The quantitative estimate of drug-likeness (QED) is 0.106. The van der Waals surface area contributed by atoms with Crippen LogP contribution < -0.4 is 10.6 Å². The number of carbonyl (C=O) groups excluding carboxylic acids is 3. The van der Waals surface area contributed by atoms with Gasteiger partial charge in [0.1, 0.15) is 21.1 Å². The standard InChI is InChI=1S/C29H24Br2N2O6S2/c1-39-29(38)25-21(17-8-12-19(31)13-9-17)15-41-27(25)33-23(35)5-3-2-4-22(34)32-26-24(28(36)37)20(14-40-26)16-6-10-18(30)11-7-16/h6-15H,2-5H2,1H3,(H,32,34)(H,33,35)(H,36,37). The molecule has 2 amide bonds. The number of amides is 2. The molecule has 2 heterocycles. The van der Waals surface area contributed by atoms with E-state index in [0.29, 0.717) is 34.5 Å². The Morgan fingerprint density at radius 3 is 1.56 bits per heavy atom. The van der Waals surface area contributed by atoms with E-state index in [1.807, 2.05) is 36.4 Å². The molecular formula is C29H24Br2N2O6S2. The Hall–Kier alpha value is -3.32. The lowest BCUT2D eigenvalue weighted by Gasteiger charge is -2.08. The Morgan fingerprint density at radius 1 is 0.732 bits per heavy atom. The fourth-order valence-electron chi connectivity index (χ4n) is 4.05. The molecule has 0 aliphatic carbocycles. The highest BCUT2D eigenvalue weighted by atomic mass is 79.9. The highest BCUT2D eigenvalue weighted by Crippen LogP contribution is 2.38. The van der Waals surface area contributed by atoms with Crippen LogP contribution in [0.15, 0.2) is 68.2 Å². The summed E-state index contributed by atoms with van der Waals surface area (Å²) in [6.07, 6.45) is 1.12. The SMILES string of the molecule is COC(=O)c1c(-c2ccc(Br)cc2)csc1NC(=O)CCCCC(=O)Nc1scc(-c2ccc(Br)cc2)c1C(=O)O. The number of esters is 1. The zero-order valence-corrected chi connectivity index (χ0v) is 26.5. The minimum Gasteiger partial charge on any atom is -0.478 e. The lowest BCUT2D eigenvalue weighted by Crippen LogP contribution is -2.15. The van der Waals surface area contributed by atoms with Gasteiger partial charge in [0.25, 0.3) is 0 Å². The van der Waals surface area contributed by atoms with E-state index < -0.39 is 11.9 Å². The van der Waals surface area contributed by atoms with Crippen LogP contribution in [-0.2, 0) is 14.3 Å². The summed E-state index contributed by atoms with van der Waals surface area (Å²) in [6.45, 7) is 0. The van der Waals surface area contributed by atoms with Gasteiger partial charge in [0.2, 0.25) is 11.8 Å². The number of hydrogen-bond acceptors (Lipinski definition) is 7. The first-order valence-corrected chi connectivity index (χ1v) is 15.7. The molecular weight excluding hydrogens is 696 g/mol. The van der Waals surface area contributed by atoms with Crippen LogP contribution >= 0.6 is 54.5 Å². The first kappa shape index (κ1) is 30.6. The number of unbranched alkanes of at least 4 members (excludes halogenated alkanes) is 1. The fourth-order valence-corrected chi connectivity index (χ4v) is 6.53. The summed E-state index contributed by atoms with van der Waals surface area (Å²) < 4.78 is 6.74. The molecule has 0 saturated heterocycles. The highest BCUT2D eigenvalue weighted by molar-refractivity contribution is 9.10. The topological polar surface area (TPSA) is 122 Å². The summed E-state index contributed by atoms with van der Waals surface area (Å²) in [6, 6.07) is 14.7. The number of thiophene rings is 2.